The van der Waals surface area contributed by atoms with Gasteiger partial charge in [0.2, 0.25) is 0 Å². The van der Waals surface area contributed by atoms with Crippen LogP contribution in [-0.2, 0) is 0 Å². The first kappa shape index (κ1) is 13.9. The highest BCUT2D eigenvalue weighted by atomic mass is 35.5. The van der Waals surface area contributed by atoms with E-state index in [-0.39, 0.29) is 0 Å². The second-order valence-electron chi connectivity index (χ2n) is 5.85. The molecule has 0 radical (unpaired) electrons. The average molecular weight is 266 g/mol. The van der Waals surface area contributed by atoms with Gasteiger partial charge in [-0.2, -0.15) is 0 Å². The molecule has 0 aliphatic heterocycles. The Morgan fingerprint density at radius 2 is 1.78 bits per heavy atom. The first-order valence-corrected chi connectivity index (χ1v) is 7.42. The van der Waals surface area contributed by atoms with Crippen molar-refractivity contribution in [3.63, 3.8) is 0 Å². The molecule has 18 heavy (non-hydrogen) atoms. The van der Waals surface area contributed by atoms with Crippen LogP contribution >= 0.6 is 11.6 Å². The summed E-state index contributed by atoms with van der Waals surface area (Å²) >= 11 is 5.97. The molecule has 1 fully saturated rings. The third kappa shape index (κ3) is 3.07. The van der Waals surface area contributed by atoms with Crippen LogP contribution in [0.1, 0.15) is 44.7 Å². The Kier molecular flexibility index (Phi) is 4.69. The fraction of sp³-hybridized carbons (Fsp3) is 0.625. The Bertz CT molecular complexity index is 373. The van der Waals surface area contributed by atoms with Crippen LogP contribution in [0, 0.1) is 17.8 Å². The molecule has 1 aliphatic rings. The lowest BCUT2D eigenvalue weighted by Gasteiger charge is -2.37. The fourth-order valence-electron chi connectivity index (χ4n) is 3.24. The lowest BCUT2D eigenvalue weighted by atomic mass is 9.72. The van der Waals surface area contributed by atoms with E-state index < -0.39 is 0 Å². The minimum absolute atomic E-state index is 0.470. The van der Waals surface area contributed by atoms with E-state index in [1.54, 1.807) is 0 Å². The van der Waals surface area contributed by atoms with Crippen LogP contribution in [0.2, 0.25) is 5.02 Å². The first-order valence-electron chi connectivity index (χ1n) is 7.04. The molecular formula is C16H24ClN. The van der Waals surface area contributed by atoms with Gasteiger partial charge in [0, 0.05) is 11.1 Å². The van der Waals surface area contributed by atoms with E-state index in [4.69, 9.17) is 11.6 Å². The van der Waals surface area contributed by atoms with Crippen LogP contribution in [0.25, 0.3) is 0 Å². The topological polar surface area (TPSA) is 12.0 Å². The fourth-order valence-corrected chi connectivity index (χ4v) is 3.36. The van der Waals surface area contributed by atoms with Crippen molar-refractivity contribution in [3.05, 3.63) is 34.9 Å². The second kappa shape index (κ2) is 6.08. The average Bonchev–Trinajstić information content (AvgIpc) is 2.37. The number of hydrogen-bond donors (Lipinski definition) is 1. The lowest BCUT2D eigenvalue weighted by Crippen LogP contribution is -2.31. The van der Waals surface area contributed by atoms with Crippen molar-refractivity contribution in [2.45, 2.75) is 39.2 Å². The van der Waals surface area contributed by atoms with E-state index in [1.165, 1.54) is 24.8 Å². The molecule has 2 rings (SSSR count). The van der Waals surface area contributed by atoms with Crippen LogP contribution < -0.4 is 5.32 Å². The van der Waals surface area contributed by atoms with Crippen molar-refractivity contribution < 1.29 is 0 Å². The van der Waals surface area contributed by atoms with Crippen LogP contribution in [0.4, 0.5) is 0 Å². The molecule has 1 aromatic rings. The zero-order valence-corrected chi connectivity index (χ0v) is 12.4. The molecule has 4 atom stereocenters. The summed E-state index contributed by atoms with van der Waals surface area (Å²) in [6.07, 6.45) is 4.02. The smallest absolute Gasteiger partial charge is 0.0406 e. The number of halogens is 1. The van der Waals surface area contributed by atoms with Gasteiger partial charge in [-0.05, 0) is 55.3 Å². The van der Waals surface area contributed by atoms with Crippen LogP contribution in [0.15, 0.2) is 24.3 Å². The highest BCUT2D eigenvalue weighted by molar-refractivity contribution is 6.30. The van der Waals surface area contributed by atoms with Crippen LogP contribution in [0.5, 0.6) is 0 Å². The minimum Gasteiger partial charge on any atom is -0.313 e. The van der Waals surface area contributed by atoms with E-state index in [0.29, 0.717) is 6.04 Å². The number of hydrogen-bond acceptors (Lipinski definition) is 1. The molecule has 1 N–H and O–H groups in total. The summed E-state index contributed by atoms with van der Waals surface area (Å²) in [4.78, 5) is 0. The molecule has 1 saturated carbocycles. The van der Waals surface area contributed by atoms with Crippen molar-refractivity contribution >= 4 is 11.6 Å². The summed E-state index contributed by atoms with van der Waals surface area (Å²) in [6, 6.07) is 8.78. The van der Waals surface area contributed by atoms with Crippen molar-refractivity contribution in [2.24, 2.45) is 17.8 Å². The van der Waals surface area contributed by atoms with E-state index in [9.17, 15) is 0 Å². The van der Waals surface area contributed by atoms with Gasteiger partial charge in [-0.15, -0.1) is 0 Å². The maximum atomic E-state index is 5.97. The van der Waals surface area contributed by atoms with Gasteiger partial charge in [0.1, 0.15) is 0 Å². The molecule has 1 aliphatic carbocycles. The van der Waals surface area contributed by atoms with E-state index in [1.807, 2.05) is 12.1 Å². The third-order valence-corrected chi connectivity index (χ3v) is 4.90. The Hall–Kier alpha value is -0.530. The van der Waals surface area contributed by atoms with Crippen molar-refractivity contribution in [2.75, 3.05) is 7.05 Å². The highest BCUT2D eigenvalue weighted by Crippen LogP contribution is 2.39. The molecule has 1 aromatic carbocycles. The first-order chi connectivity index (χ1) is 8.61. The van der Waals surface area contributed by atoms with Gasteiger partial charge in [-0.1, -0.05) is 44.0 Å². The largest absolute Gasteiger partial charge is 0.313 e. The summed E-state index contributed by atoms with van der Waals surface area (Å²) in [5.74, 6) is 2.47. The van der Waals surface area contributed by atoms with Gasteiger partial charge in [-0.25, -0.2) is 0 Å². The standard InChI is InChI=1S/C16H24ClN/c1-11-4-5-14(10-12(11)2)16(18-3)13-6-8-15(17)9-7-13/h6-9,11-12,14,16,18H,4-5,10H2,1-3H3. The van der Waals surface area contributed by atoms with E-state index >= 15 is 0 Å². The molecule has 4 unspecified atom stereocenters. The monoisotopic (exact) mass is 265 g/mol. The zero-order valence-electron chi connectivity index (χ0n) is 11.6. The molecule has 0 heterocycles. The third-order valence-electron chi connectivity index (χ3n) is 4.65. The van der Waals surface area contributed by atoms with Crippen molar-refractivity contribution in [1.82, 2.24) is 5.32 Å². The Morgan fingerprint density at radius 1 is 1.11 bits per heavy atom. The SMILES string of the molecule is CNC(c1ccc(Cl)cc1)C1CCC(C)C(C)C1. The summed E-state index contributed by atoms with van der Waals surface area (Å²) in [6.45, 7) is 4.78. The quantitative estimate of drug-likeness (QED) is 0.837. The number of nitrogens with one attached hydrogen (secondary N) is 1. The van der Waals surface area contributed by atoms with E-state index in [2.05, 4.69) is 38.3 Å². The summed E-state index contributed by atoms with van der Waals surface area (Å²) in [7, 11) is 2.07. The maximum Gasteiger partial charge on any atom is 0.0406 e. The van der Waals surface area contributed by atoms with Crippen LogP contribution in [-0.4, -0.2) is 7.05 Å². The Labute approximate surface area is 116 Å². The maximum absolute atomic E-state index is 5.97. The summed E-state index contributed by atoms with van der Waals surface area (Å²) in [5, 5.41) is 4.32. The molecule has 1 nitrogen and oxygen atoms in total. The van der Waals surface area contributed by atoms with Gasteiger partial charge in [0.25, 0.3) is 0 Å². The highest BCUT2D eigenvalue weighted by Gasteiger charge is 2.30. The second-order valence-corrected chi connectivity index (χ2v) is 6.28. The van der Waals surface area contributed by atoms with Gasteiger partial charge in [0.05, 0.1) is 0 Å². The normalized spacial score (nSPS) is 30.1. The predicted molar refractivity (Wildman–Crippen MR) is 78.9 cm³/mol. The van der Waals surface area contributed by atoms with Gasteiger partial charge in [0.15, 0.2) is 0 Å². The lowest BCUT2D eigenvalue weighted by molar-refractivity contribution is 0.175. The molecule has 0 bridgehead atoms. The molecular weight excluding hydrogens is 242 g/mol. The van der Waals surface area contributed by atoms with Gasteiger partial charge < -0.3 is 5.32 Å². The molecule has 100 valence electrons. The predicted octanol–water partition coefficient (Wildman–Crippen LogP) is 4.67. The number of benzene rings is 1. The molecule has 2 heteroatoms. The molecule has 0 amide bonds. The van der Waals surface area contributed by atoms with Crippen molar-refractivity contribution in [3.8, 4) is 0 Å². The van der Waals surface area contributed by atoms with Gasteiger partial charge >= 0.3 is 0 Å². The molecule has 0 aromatic heterocycles. The summed E-state index contributed by atoms with van der Waals surface area (Å²) < 4.78 is 0. The summed E-state index contributed by atoms with van der Waals surface area (Å²) in [5.41, 5.74) is 1.37. The van der Waals surface area contributed by atoms with Crippen LogP contribution in [0.3, 0.4) is 0 Å². The van der Waals surface area contributed by atoms with E-state index in [0.717, 1.165) is 22.8 Å². The molecule has 0 saturated heterocycles. The Morgan fingerprint density at radius 3 is 2.33 bits per heavy atom. The minimum atomic E-state index is 0.470. The van der Waals surface area contributed by atoms with Gasteiger partial charge in [-0.3, -0.25) is 0 Å². The Balaban J connectivity index is 2.11. The number of rotatable bonds is 3. The van der Waals surface area contributed by atoms with Crippen molar-refractivity contribution in [1.29, 1.82) is 0 Å². The molecule has 0 spiro atoms. The zero-order chi connectivity index (χ0) is 13.1.